The molecule has 0 N–H and O–H groups in total. The van der Waals surface area contributed by atoms with Gasteiger partial charge in [-0.2, -0.15) is 0 Å². The van der Waals surface area contributed by atoms with Crippen LogP contribution in [-0.4, -0.2) is 11.6 Å². The summed E-state index contributed by atoms with van der Waals surface area (Å²) in [4.78, 5) is 13.7. The van der Waals surface area contributed by atoms with Crippen molar-refractivity contribution in [1.82, 2.24) is 0 Å². The van der Waals surface area contributed by atoms with Gasteiger partial charge in [-0.3, -0.25) is 4.79 Å². The monoisotopic (exact) mass is 428 g/mol. The predicted molar refractivity (Wildman–Crippen MR) is 122 cm³/mol. The average molecular weight is 428 g/mol. The van der Waals surface area contributed by atoms with Crippen LogP contribution in [0.4, 0.5) is 0 Å². The average Bonchev–Trinajstić information content (AvgIpc) is 2.85. The minimum Gasteiger partial charge on any atom is -0.447 e. The third-order valence-corrected chi connectivity index (χ3v) is 7.45. The minimum absolute atomic E-state index is 0.341. The Bertz CT molecular complexity index is 1120. The topological polar surface area (TPSA) is 52.6 Å². The summed E-state index contributed by atoms with van der Waals surface area (Å²) in [6, 6.07) is 33.8. The molecular weight excluding hydrogens is 407 g/mol. The van der Waals surface area contributed by atoms with Gasteiger partial charge >= 0.3 is 6.03 Å². The highest BCUT2D eigenvalue weighted by Gasteiger charge is 2.46. The van der Waals surface area contributed by atoms with Gasteiger partial charge in [0.1, 0.15) is 11.5 Å². The van der Waals surface area contributed by atoms with E-state index in [0.29, 0.717) is 22.4 Å². The molecule has 4 aromatic carbocycles. The maximum absolute atomic E-state index is 14.6. The molecule has 1 unspecified atom stereocenters. The van der Waals surface area contributed by atoms with E-state index < -0.39 is 18.7 Å². The predicted octanol–water partition coefficient (Wildman–Crippen LogP) is 5.96. The summed E-state index contributed by atoms with van der Waals surface area (Å²) in [6.07, 6.45) is 0. The summed E-state index contributed by atoms with van der Waals surface area (Å²) in [7, 11) is -3.91. The summed E-state index contributed by atoms with van der Waals surface area (Å²) in [5.74, 6) is 0.917. The molecule has 0 fully saturated rings. The van der Waals surface area contributed by atoms with Gasteiger partial charge in [-0.25, -0.2) is 0 Å². The van der Waals surface area contributed by atoms with Crippen molar-refractivity contribution < 1.29 is 18.8 Å². The maximum atomic E-state index is 14.6. The van der Waals surface area contributed by atoms with Gasteiger partial charge in [0.05, 0.1) is 0 Å². The van der Waals surface area contributed by atoms with Crippen LogP contribution in [0.5, 0.6) is 11.5 Å². The zero-order chi connectivity index (χ0) is 21.5. The van der Waals surface area contributed by atoms with Crippen molar-refractivity contribution in [3.63, 3.8) is 0 Å². The molecule has 1 atom stereocenters. The van der Waals surface area contributed by atoms with Crippen LogP contribution < -0.4 is 14.8 Å². The Morgan fingerprint density at radius 3 is 1.42 bits per heavy atom. The lowest BCUT2D eigenvalue weighted by Gasteiger charge is -2.28. The van der Waals surface area contributed by atoms with Gasteiger partial charge in [-0.1, -0.05) is 97.1 Å². The molecule has 0 saturated heterocycles. The van der Waals surface area contributed by atoms with E-state index in [0.717, 1.165) is 0 Å². The van der Waals surface area contributed by atoms with E-state index in [2.05, 4.69) is 0 Å². The Hall–Kier alpha value is -3.62. The fraction of sp³-hybridized carbons (Fsp3) is 0.0385. The highest BCUT2D eigenvalue weighted by atomic mass is 31.2. The molecule has 0 bridgehead atoms. The number of carbonyl (C=O) groups excluding carboxylic acids is 1. The highest BCUT2D eigenvalue weighted by Crippen LogP contribution is 2.53. The van der Waals surface area contributed by atoms with E-state index >= 15 is 0 Å². The zero-order valence-corrected chi connectivity index (χ0v) is 17.6. The number of hydrogen-bond donors (Lipinski definition) is 0. The van der Waals surface area contributed by atoms with Gasteiger partial charge in [-0.15, -0.1) is 0 Å². The van der Waals surface area contributed by atoms with Crippen LogP contribution in [0, 0.1) is 0 Å². The second kappa shape index (κ2) is 9.46. The Morgan fingerprint density at radius 1 is 0.581 bits per heavy atom. The van der Waals surface area contributed by atoms with E-state index in [4.69, 9.17) is 9.47 Å². The number of ether oxygens (including phenoxy) is 2. The van der Waals surface area contributed by atoms with E-state index in [-0.39, 0.29) is 0 Å². The molecule has 31 heavy (non-hydrogen) atoms. The van der Waals surface area contributed by atoms with Crippen molar-refractivity contribution in [1.29, 1.82) is 0 Å². The van der Waals surface area contributed by atoms with Gasteiger partial charge < -0.3 is 14.0 Å². The third-order valence-electron chi connectivity index (χ3n) is 4.72. The van der Waals surface area contributed by atoms with Crippen LogP contribution in [0.2, 0.25) is 0 Å². The van der Waals surface area contributed by atoms with Crippen molar-refractivity contribution in [3.05, 3.63) is 127 Å². The molecule has 0 aromatic heterocycles. The fourth-order valence-electron chi connectivity index (χ4n) is 3.16. The van der Waals surface area contributed by atoms with Crippen molar-refractivity contribution in [2.45, 2.75) is 6.03 Å². The Balaban J connectivity index is 1.84. The summed E-state index contributed by atoms with van der Waals surface area (Å²) in [6.45, 7) is 0. The van der Waals surface area contributed by atoms with Crippen LogP contribution in [0.1, 0.15) is 10.4 Å². The first-order chi connectivity index (χ1) is 15.2. The summed E-state index contributed by atoms with van der Waals surface area (Å²) >= 11 is 0. The maximum Gasteiger partial charge on any atom is 0.303 e. The smallest absolute Gasteiger partial charge is 0.303 e. The number of para-hydroxylation sites is 2. The second-order valence-corrected chi connectivity index (χ2v) is 9.49. The Morgan fingerprint density at radius 2 is 0.968 bits per heavy atom. The van der Waals surface area contributed by atoms with Crippen LogP contribution in [0.25, 0.3) is 0 Å². The highest BCUT2D eigenvalue weighted by molar-refractivity contribution is 7.87. The van der Waals surface area contributed by atoms with Gasteiger partial charge in [0.2, 0.25) is 5.52 Å². The van der Waals surface area contributed by atoms with Crippen molar-refractivity contribution in [2.75, 3.05) is 0 Å². The second-order valence-electron chi connectivity index (χ2n) is 6.83. The largest absolute Gasteiger partial charge is 0.447 e. The molecule has 0 radical (unpaired) electrons. The lowest BCUT2D eigenvalue weighted by Crippen LogP contribution is -2.32. The van der Waals surface area contributed by atoms with Crippen molar-refractivity contribution in [2.24, 2.45) is 0 Å². The first kappa shape index (κ1) is 20.6. The third kappa shape index (κ3) is 4.60. The lowest BCUT2D eigenvalue weighted by atomic mass is 10.2. The van der Waals surface area contributed by atoms with Gasteiger partial charge in [0.15, 0.2) is 0 Å². The normalized spacial score (nSPS) is 12.7. The van der Waals surface area contributed by atoms with E-state index in [1.165, 1.54) is 0 Å². The van der Waals surface area contributed by atoms with E-state index in [1.54, 1.807) is 97.1 Å². The minimum atomic E-state index is -3.91. The quantitative estimate of drug-likeness (QED) is 0.257. The molecule has 0 amide bonds. The van der Waals surface area contributed by atoms with E-state index in [1.807, 2.05) is 24.3 Å². The summed E-state index contributed by atoms with van der Waals surface area (Å²) in [5, 5.41) is 0.376. The van der Waals surface area contributed by atoms with Crippen molar-refractivity contribution in [3.8, 4) is 11.5 Å². The van der Waals surface area contributed by atoms with Crippen LogP contribution >= 0.6 is 7.14 Å². The molecule has 0 saturated carbocycles. The van der Waals surface area contributed by atoms with Crippen LogP contribution in [0.15, 0.2) is 121 Å². The molecule has 4 aromatic rings. The zero-order valence-electron chi connectivity index (χ0n) is 16.7. The first-order valence-corrected chi connectivity index (χ1v) is 11.6. The molecule has 4 nitrogen and oxygen atoms in total. The fourth-order valence-corrected chi connectivity index (χ4v) is 5.52. The number of hydrogen-bond acceptors (Lipinski definition) is 4. The van der Waals surface area contributed by atoms with Gasteiger partial charge in [-0.05, 0) is 24.3 Å². The van der Waals surface area contributed by atoms with Gasteiger partial charge in [0, 0.05) is 10.9 Å². The molecular formula is C26H21O4P. The standard InChI is InChI=1S/C26H21O4P/c27-25(21-13-5-1-6-14-21)31(28,24-19-11-4-12-20-24)26(29-22-15-7-2-8-16-22)30-23-17-9-3-10-18-23/h1-20,26H. The SMILES string of the molecule is O=C(c1ccccc1)P(=O)(c1ccccc1)C(Oc1ccccc1)Oc1ccccc1. The van der Waals surface area contributed by atoms with Crippen LogP contribution in [-0.2, 0) is 4.57 Å². The molecule has 0 aliphatic rings. The molecule has 0 heterocycles. The number of carbonyl (C=O) groups is 1. The number of benzene rings is 4. The molecule has 4 rings (SSSR count). The van der Waals surface area contributed by atoms with Crippen LogP contribution in [0.3, 0.4) is 0 Å². The molecule has 0 aliphatic heterocycles. The summed E-state index contributed by atoms with van der Waals surface area (Å²) in [5.41, 5.74) is -0.177. The summed E-state index contributed by atoms with van der Waals surface area (Å²) < 4.78 is 26.8. The van der Waals surface area contributed by atoms with Gasteiger partial charge in [0.25, 0.3) is 7.14 Å². The Kier molecular flexibility index (Phi) is 6.30. The van der Waals surface area contributed by atoms with Crippen molar-refractivity contribution >= 4 is 18.0 Å². The number of rotatable bonds is 8. The Labute approximate surface area is 181 Å². The first-order valence-electron chi connectivity index (χ1n) is 9.86. The molecule has 154 valence electrons. The molecule has 0 spiro atoms. The molecule has 5 heteroatoms. The van der Waals surface area contributed by atoms with E-state index in [9.17, 15) is 9.36 Å². The lowest BCUT2D eigenvalue weighted by molar-refractivity contribution is 0.0712. The molecule has 0 aliphatic carbocycles.